The first-order valence-corrected chi connectivity index (χ1v) is 8.16. The Morgan fingerprint density at radius 2 is 2.38 bits per heavy atom. The molecule has 0 radical (unpaired) electrons. The lowest BCUT2D eigenvalue weighted by Crippen LogP contribution is -2.20. The smallest absolute Gasteiger partial charge is 0.315 e. The van der Waals surface area contributed by atoms with Crippen LogP contribution in [0.1, 0.15) is 36.3 Å². The van der Waals surface area contributed by atoms with E-state index in [4.69, 9.17) is 16.3 Å². The fourth-order valence-corrected chi connectivity index (χ4v) is 3.76. The molecule has 1 unspecified atom stereocenters. The summed E-state index contributed by atoms with van der Waals surface area (Å²) < 4.78 is 5.16. The van der Waals surface area contributed by atoms with Crippen LogP contribution < -0.4 is 0 Å². The number of halogens is 1. The number of hydrogen-bond donors (Lipinski definition) is 0. The molecule has 0 aromatic carbocycles. The van der Waals surface area contributed by atoms with Gasteiger partial charge in [0.15, 0.2) is 0 Å². The number of aromatic nitrogens is 2. The Hall–Kier alpha value is -1.46. The van der Waals surface area contributed by atoms with Gasteiger partial charge in [-0.15, -0.1) is 11.3 Å². The van der Waals surface area contributed by atoms with Gasteiger partial charge in [0.1, 0.15) is 10.9 Å². The summed E-state index contributed by atoms with van der Waals surface area (Å²) in [5.41, 5.74) is 1.66. The first-order valence-electron chi connectivity index (χ1n) is 6.97. The Morgan fingerprint density at radius 3 is 3.10 bits per heavy atom. The molecule has 21 heavy (non-hydrogen) atoms. The van der Waals surface area contributed by atoms with Gasteiger partial charge in [-0.05, 0) is 38.3 Å². The molecule has 1 aliphatic carbocycles. The molecular weight excluding hydrogens is 308 g/mol. The third-order valence-corrected chi connectivity index (χ3v) is 4.85. The summed E-state index contributed by atoms with van der Waals surface area (Å²) in [6.07, 6.45) is 4.38. The Balaban J connectivity index is 1.94. The molecule has 0 saturated heterocycles. The van der Waals surface area contributed by atoms with Crippen LogP contribution in [-0.4, -0.2) is 22.5 Å². The number of hydrogen-bond acceptors (Lipinski definition) is 5. The molecule has 6 heteroatoms. The monoisotopic (exact) mass is 322 g/mol. The predicted octanol–water partition coefficient (Wildman–Crippen LogP) is 3.84. The Labute approximate surface area is 132 Å². The molecule has 2 heterocycles. The highest BCUT2D eigenvalue weighted by atomic mass is 35.5. The highest BCUT2D eigenvalue weighted by molar-refractivity contribution is 7.15. The molecular formula is C15H15ClN2O2S. The van der Waals surface area contributed by atoms with E-state index in [0.717, 1.165) is 35.7 Å². The molecule has 1 aliphatic rings. The lowest BCUT2D eigenvalue weighted by atomic mass is 9.91. The maximum atomic E-state index is 12.1. The van der Waals surface area contributed by atoms with E-state index >= 15 is 0 Å². The van der Waals surface area contributed by atoms with E-state index in [2.05, 4.69) is 9.97 Å². The van der Waals surface area contributed by atoms with Crippen molar-refractivity contribution in [1.82, 2.24) is 9.97 Å². The van der Waals surface area contributed by atoms with Crippen molar-refractivity contribution >= 4 is 28.9 Å². The van der Waals surface area contributed by atoms with Gasteiger partial charge in [0.05, 0.1) is 23.0 Å². The molecule has 4 nitrogen and oxygen atoms in total. The largest absolute Gasteiger partial charge is 0.465 e. The Bertz CT molecular complexity index is 654. The average molecular weight is 323 g/mol. The molecule has 0 aliphatic heterocycles. The van der Waals surface area contributed by atoms with Crippen LogP contribution in [0, 0.1) is 0 Å². The number of carbonyl (C=O) groups excluding carboxylic acids is 1. The minimum absolute atomic E-state index is 0.167. The van der Waals surface area contributed by atoms with Crippen LogP contribution in [0.3, 0.4) is 0 Å². The van der Waals surface area contributed by atoms with E-state index in [9.17, 15) is 4.79 Å². The van der Waals surface area contributed by atoms with E-state index < -0.39 is 0 Å². The molecule has 2 aromatic heterocycles. The standard InChI is InChI=1S/C15H15ClN2O2S/c1-2-20-15(19)10-4-3-5-12-13(10)18-14(21-12)11-7-6-9(16)8-17-11/h6-8,10H,2-5H2,1H3. The van der Waals surface area contributed by atoms with Gasteiger partial charge >= 0.3 is 5.97 Å². The van der Waals surface area contributed by atoms with E-state index in [1.165, 1.54) is 4.88 Å². The third kappa shape index (κ3) is 2.94. The number of ether oxygens (including phenoxy) is 1. The SMILES string of the molecule is CCOC(=O)C1CCCc2sc(-c3ccc(Cl)cn3)nc21. The number of rotatable bonds is 3. The summed E-state index contributed by atoms with van der Waals surface area (Å²) in [5.74, 6) is -0.398. The van der Waals surface area contributed by atoms with Crippen LogP contribution in [0.15, 0.2) is 18.3 Å². The number of esters is 1. The second-order valence-electron chi connectivity index (χ2n) is 4.89. The number of nitrogens with zero attached hydrogens (tertiary/aromatic N) is 2. The molecule has 0 bridgehead atoms. The zero-order valence-corrected chi connectivity index (χ0v) is 13.2. The Kier molecular flexibility index (Phi) is 4.22. The van der Waals surface area contributed by atoms with Crippen molar-refractivity contribution in [3.8, 4) is 10.7 Å². The van der Waals surface area contributed by atoms with Gasteiger partial charge < -0.3 is 4.74 Å². The number of fused-ring (bicyclic) bond motifs is 1. The van der Waals surface area contributed by atoms with Crippen molar-refractivity contribution in [2.24, 2.45) is 0 Å². The minimum Gasteiger partial charge on any atom is -0.465 e. The van der Waals surface area contributed by atoms with Crippen LogP contribution in [0.4, 0.5) is 0 Å². The minimum atomic E-state index is -0.231. The first-order chi connectivity index (χ1) is 10.2. The normalized spacial score (nSPS) is 17.3. The summed E-state index contributed by atoms with van der Waals surface area (Å²) in [7, 11) is 0. The van der Waals surface area contributed by atoms with Crippen molar-refractivity contribution in [3.63, 3.8) is 0 Å². The fraction of sp³-hybridized carbons (Fsp3) is 0.400. The van der Waals surface area contributed by atoms with E-state index in [1.807, 2.05) is 13.0 Å². The van der Waals surface area contributed by atoms with Gasteiger partial charge in [0, 0.05) is 11.1 Å². The zero-order valence-electron chi connectivity index (χ0n) is 11.6. The molecule has 0 saturated carbocycles. The topological polar surface area (TPSA) is 52.1 Å². The van der Waals surface area contributed by atoms with E-state index in [0.29, 0.717) is 11.6 Å². The van der Waals surface area contributed by atoms with Gasteiger partial charge in [-0.25, -0.2) is 4.98 Å². The zero-order chi connectivity index (χ0) is 14.8. The van der Waals surface area contributed by atoms with E-state index in [-0.39, 0.29) is 11.9 Å². The second kappa shape index (κ2) is 6.12. The predicted molar refractivity (Wildman–Crippen MR) is 82.7 cm³/mol. The summed E-state index contributed by atoms with van der Waals surface area (Å²) in [5, 5.41) is 1.44. The third-order valence-electron chi connectivity index (χ3n) is 3.47. The van der Waals surface area contributed by atoms with Gasteiger partial charge in [-0.1, -0.05) is 11.6 Å². The quantitative estimate of drug-likeness (QED) is 0.806. The molecule has 0 spiro atoms. The van der Waals surface area contributed by atoms with Crippen LogP contribution in [0.5, 0.6) is 0 Å². The van der Waals surface area contributed by atoms with Crippen molar-refractivity contribution in [2.75, 3.05) is 6.61 Å². The average Bonchev–Trinajstić information content (AvgIpc) is 2.92. The maximum absolute atomic E-state index is 12.1. The van der Waals surface area contributed by atoms with Crippen molar-refractivity contribution in [3.05, 3.63) is 33.9 Å². The summed E-state index contributed by atoms with van der Waals surface area (Å²) in [6, 6.07) is 3.65. The molecule has 0 fully saturated rings. The number of aryl methyl sites for hydroxylation is 1. The molecule has 0 N–H and O–H groups in total. The van der Waals surface area contributed by atoms with Gasteiger partial charge in [-0.2, -0.15) is 0 Å². The van der Waals surface area contributed by atoms with Crippen LogP contribution >= 0.6 is 22.9 Å². The number of thiazole rings is 1. The van der Waals surface area contributed by atoms with Crippen LogP contribution in [0.25, 0.3) is 10.7 Å². The summed E-state index contributed by atoms with van der Waals surface area (Å²) in [6.45, 7) is 2.23. The Morgan fingerprint density at radius 1 is 1.52 bits per heavy atom. The lowest BCUT2D eigenvalue weighted by Gasteiger charge is -2.19. The maximum Gasteiger partial charge on any atom is 0.315 e. The van der Waals surface area contributed by atoms with Gasteiger partial charge in [0.25, 0.3) is 0 Å². The number of carbonyl (C=O) groups is 1. The van der Waals surface area contributed by atoms with Gasteiger partial charge in [-0.3, -0.25) is 9.78 Å². The fourth-order valence-electron chi connectivity index (χ4n) is 2.50. The van der Waals surface area contributed by atoms with Gasteiger partial charge in [0.2, 0.25) is 0 Å². The molecule has 110 valence electrons. The summed E-state index contributed by atoms with van der Waals surface area (Å²) in [4.78, 5) is 22.2. The van der Waals surface area contributed by atoms with E-state index in [1.54, 1.807) is 23.6 Å². The van der Waals surface area contributed by atoms with Crippen molar-refractivity contribution < 1.29 is 9.53 Å². The number of pyridine rings is 1. The highest BCUT2D eigenvalue weighted by Gasteiger charge is 2.31. The summed E-state index contributed by atoms with van der Waals surface area (Å²) >= 11 is 7.47. The molecule has 0 amide bonds. The molecule has 1 atom stereocenters. The second-order valence-corrected chi connectivity index (χ2v) is 6.41. The van der Waals surface area contributed by atoms with Crippen molar-refractivity contribution in [2.45, 2.75) is 32.1 Å². The lowest BCUT2D eigenvalue weighted by molar-refractivity contribution is -0.145. The first kappa shape index (κ1) is 14.5. The van der Waals surface area contributed by atoms with Crippen LogP contribution in [-0.2, 0) is 16.0 Å². The molecule has 2 aromatic rings. The van der Waals surface area contributed by atoms with Crippen LogP contribution in [0.2, 0.25) is 5.02 Å². The van der Waals surface area contributed by atoms with Crippen molar-refractivity contribution in [1.29, 1.82) is 0 Å². The highest BCUT2D eigenvalue weighted by Crippen LogP contribution is 2.38. The molecule has 3 rings (SSSR count).